The van der Waals surface area contributed by atoms with Gasteiger partial charge in [0.05, 0.1) is 0 Å². The van der Waals surface area contributed by atoms with Gasteiger partial charge in [-0.25, -0.2) is 0 Å². The highest BCUT2D eigenvalue weighted by Gasteiger charge is 2.39. The van der Waals surface area contributed by atoms with E-state index in [0.717, 1.165) is 6.54 Å². The Kier molecular flexibility index (Phi) is 3.59. The maximum Gasteiger partial charge on any atom is 0.0420 e. The van der Waals surface area contributed by atoms with Crippen molar-refractivity contribution in [1.29, 1.82) is 0 Å². The average molecular weight is 289 g/mol. The van der Waals surface area contributed by atoms with Crippen LogP contribution in [0.25, 0.3) is 0 Å². The zero-order valence-corrected chi connectivity index (χ0v) is 13.2. The van der Waals surface area contributed by atoms with Crippen molar-refractivity contribution in [3.63, 3.8) is 0 Å². The van der Waals surface area contributed by atoms with Gasteiger partial charge in [-0.3, -0.25) is 4.90 Å². The summed E-state index contributed by atoms with van der Waals surface area (Å²) in [5.74, 6) is 0.663. The van der Waals surface area contributed by atoms with E-state index in [1.54, 1.807) is 0 Å². The van der Waals surface area contributed by atoms with Gasteiger partial charge in [0.1, 0.15) is 0 Å². The lowest BCUT2D eigenvalue weighted by atomic mass is 9.76. The molecule has 1 nitrogen and oxygen atoms in total. The van der Waals surface area contributed by atoms with Crippen LogP contribution >= 0.6 is 0 Å². The van der Waals surface area contributed by atoms with Crippen molar-refractivity contribution >= 4 is 0 Å². The molecule has 0 radical (unpaired) electrons. The second-order valence-corrected chi connectivity index (χ2v) is 6.71. The first-order chi connectivity index (χ1) is 10.8. The Hall–Kier alpha value is -1.86. The molecular formula is C21H23N. The lowest BCUT2D eigenvalue weighted by molar-refractivity contribution is 0.0559. The van der Waals surface area contributed by atoms with E-state index in [1.807, 2.05) is 0 Å². The molecule has 2 heterocycles. The number of benzene rings is 2. The van der Waals surface area contributed by atoms with Crippen molar-refractivity contribution in [1.82, 2.24) is 4.90 Å². The first-order valence-electron chi connectivity index (χ1n) is 8.36. The zero-order chi connectivity index (χ0) is 14.9. The fourth-order valence-corrected chi connectivity index (χ4v) is 4.03. The molecule has 3 atom stereocenters. The summed E-state index contributed by atoms with van der Waals surface area (Å²) in [6.45, 7) is 3.21. The molecule has 1 aliphatic carbocycles. The number of rotatable bonds is 3. The summed E-state index contributed by atoms with van der Waals surface area (Å²) in [5, 5.41) is 0. The Morgan fingerprint density at radius 3 is 2.36 bits per heavy atom. The molecule has 22 heavy (non-hydrogen) atoms. The Morgan fingerprint density at radius 2 is 1.68 bits per heavy atom. The van der Waals surface area contributed by atoms with Crippen LogP contribution in [0, 0.1) is 12.8 Å². The summed E-state index contributed by atoms with van der Waals surface area (Å²) >= 11 is 0. The van der Waals surface area contributed by atoms with Gasteiger partial charge in [-0.1, -0.05) is 72.3 Å². The summed E-state index contributed by atoms with van der Waals surface area (Å²) < 4.78 is 0. The Labute approximate surface area is 133 Å². The molecule has 3 unspecified atom stereocenters. The van der Waals surface area contributed by atoms with Gasteiger partial charge in [-0.2, -0.15) is 0 Å². The molecule has 1 heteroatoms. The third-order valence-corrected chi connectivity index (χ3v) is 5.19. The van der Waals surface area contributed by atoms with Crippen molar-refractivity contribution in [3.05, 3.63) is 83.4 Å². The van der Waals surface area contributed by atoms with Crippen LogP contribution in [0.2, 0.25) is 0 Å². The summed E-state index contributed by atoms with van der Waals surface area (Å²) in [6, 6.07) is 21.2. The van der Waals surface area contributed by atoms with Crippen molar-refractivity contribution in [2.45, 2.75) is 38.4 Å². The predicted molar refractivity (Wildman–Crippen MR) is 91.6 cm³/mol. The van der Waals surface area contributed by atoms with E-state index in [4.69, 9.17) is 0 Å². The quantitative estimate of drug-likeness (QED) is 0.727. The predicted octanol–water partition coefficient (Wildman–Crippen LogP) is 4.89. The van der Waals surface area contributed by atoms with Crippen molar-refractivity contribution < 1.29 is 0 Å². The van der Waals surface area contributed by atoms with E-state index in [2.05, 4.69) is 78.6 Å². The van der Waals surface area contributed by atoms with Gasteiger partial charge in [-0.15, -0.1) is 0 Å². The third kappa shape index (κ3) is 2.50. The van der Waals surface area contributed by atoms with Gasteiger partial charge in [0, 0.05) is 18.6 Å². The van der Waals surface area contributed by atoms with Crippen LogP contribution in [0.5, 0.6) is 0 Å². The SMILES string of the molecule is Cc1ccc(C2C3C=CC(CC3)N2Cc2ccccc2)cc1. The highest BCUT2D eigenvalue weighted by atomic mass is 15.2. The lowest BCUT2D eigenvalue weighted by Gasteiger charge is -2.48. The largest absolute Gasteiger partial charge is 0.285 e. The van der Waals surface area contributed by atoms with Gasteiger partial charge in [-0.05, 0) is 36.8 Å². The van der Waals surface area contributed by atoms with E-state index in [1.165, 1.54) is 29.5 Å². The molecule has 2 bridgehead atoms. The summed E-state index contributed by atoms with van der Waals surface area (Å²) in [4.78, 5) is 2.70. The molecule has 5 rings (SSSR count). The second-order valence-electron chi connectivity index (χ2n) is 6.71. The minimum atomic E-state index is 0.532. The van der Waals surface area contributed by atoms with Gasteiger partial charge in [0.2, 0.25) is 0 Å². The van der Waals surface area contributed by atoms with E-state index in [0.29, 0.717) is 18.0 Å². The molecule has 0 spiro atoms. The number of nitrogens with zero attached hydrogens (tertiary/aromatic N) is 1. The summed E-state index contributed by atoms with van der Waals surface area (Å²) in [7, 11) is 0. The molecule has 0 amide bonds. The maximum absolute atomic E-state index is 2.70. The molecule has 0 aromatic heterocycles. The fourth-order valence-electron chi connectivity index (χ4n) is 4.03. The van der Waals surface area contributed by atoms with Gasteiger partial charge in [0.15, 0.2) is 0 Å². The monoisotopic (exact) mass is 289 g/mol. The molecule has 1 saturated heterocycles. The molecule has 112 valence electrons. The van der Waals surface area contributed by atoms with E-state index in [-0.39, 0.29) is 0 Å². The Morgan fingerprint density at radius 1 is 0.909 bits per heavy atom. The molecule has 3 aliphatic rings. The normalized spacial score (nSPS) is 27.2. The first-order valence-corrected chi connectivity index (χ1v) is 8.36. The van der Waals surface area contributed by atoms with Crippen LogP contribution in [0.1, 0.15) is 35.6 Å². The van der Waals surface area contributed by atoms with Crippen LogP contribution in [0.15, 0.2) is 66.7 Å². The van der Waals surface area contributed by atoms with Gasteiger partial charge < -0.3 is 0 Å². The average Bonchev–Trinajstić information content (AvgIpc) is 2.58. The molecule has 1 fully saturated rings. The number of fused-ring (bicyclic) bond motifs is 2. The zero-order valence-electron chi connectivity index (χ0n) is 13.2. The number of aryl methyl sites for hydroxylation is 1. The minimum absolute atomic E-state index is 0.532. The Bertz CT molecular complexity index is 656. The fraction of sp³-hybridized carbons (Fsp3) is 0.333. The lowest BCUT2D eigenvalue weighted by Crippen LogP contribution is -2.46. The van der Waals surface area contributed by atoms with Gasteiger partial charge in [0.25, 0.3) is 0 Å². The van der Waals surface area contributed by atoms with Crippen LogP contribution < -0.4 is 0 Å². The van der Waals surface area contributed by atoms with E-state index in [9.17, 15) is 0 Å². The van der Waals surface area contributed by atoms with Crippen LogP contribution in [0.3, 0.4) is 0 Å². The maximum atomic E-state index is 2.70. The molecule has 0 saturated carbocycles. The van der Waals surface area contributed by atoms with Crippen LogP contribution in [-0.4, -0.2) is 10.9 Å². The second kappa shape index (κ2) is 5.73. The molecule has 2 aliphatic heterocycles. The van der Waals surface area contributed by atoms with Crippen molar-refractivity contribution in [2.75, 3.05) is 0 Å². The number of hydrogen-bond donors (Lipinski definition) is 0. The summed E-state index contributed by atoms with van der Waals surface area (Å²) in [5.41, 5.74) is 4.23. The van der Waals surface area contributed by atoms with E-state index >= 15 is 0 Å². The highest BCUT2D eigenvalue weighted by Crippen LogP contribution is 2.44. The standard InChI is InChI=1S/C21H23N/c1-16-7-9-18(10-8-16)21-19-11-13-20(14-12-19)22(21)15-17-5-3-2-4-6-17/h2-11,13,19-21H,12,14-15H2,1H3. The minimum Gasteiger partial charge on any atom is -0.285 e. The smallest absolute Gasteiger partial charge is 0.0420 e. The third-order valence-electron chi connectivity index (χ3n) is 5.19. The summed E-state index contributed by atoms with van der Waals surface area (Å²) in [6.07, 6.45) is 7.52. The number of hydrogen-bond acceptors (Lipinski definition) is 1. The number of piperidine rings is 1. The Balaban J connectivity index is 1.67. The van der Waals surface area contributed by atoms with Gasteiger partial charge >= 0.3 is 0 Å². The van der Waals surface area contributed by atoms with E-state index < -0.39 is 0 Å². The molecular weight excluding hydrogens is 266 g/mol. The van der Waals surface area contributed by atoms with Crippen LogP contribution in [-0.2, 0) is 6.54 Å². The molecule has 0 N–H and O–H groups in total. The van der Waals surface area contributed by atoms with Crippen molar-refractivity contribution in [2.24, 2.45) is 5.92 Å². The van der Waals surface area contributed by atoms with Crippen LogP contribution in [0.4, 0.5) is 0 Å². The molecule has 2 aromatic rings. The molecule has 2 aromatic carbocycles. The van der Waals surface area contributed by atoms with Crippen molar-refractivity contribution in [3.8, 4) is 0 Å². The first kappa shape index (κ1) is 13.8. The highest BCUT2D eigenvalue weighted by molar-refractivity contribution is 5.29. The topological polar surface area (TPSA) is 3.24 Å².